The lowest BCUT2D eigenvalue weighted by atomic mass is 9.93. The van der Waals surface area contributed by atoms with Gasteiger partial charge in [0, 0.05) is 9.49 Å². The van der Waals surface area contributed by atoms with Gasteiger partial charge < -0.3 is 0 Å². The molecule has 1 atom stereocenters. The summed E-state index contributed by atoms with van der Waals surface area (Å²) in [6.07, 6.45) is 1.88. The maximum absolute atomic E-state index is 3.78. The van der Waals surface area contributed by atoms with Crippen molar-refractivity contribution in [2.45, 2.75) is 12.8 Å². The Kier molecular flexibility index (Phi) is 4.00. The van der Waals surface area contributed by atoms with Crippen LogP contribution in [0.25, 0.3) is 6.08 Å². The van der Waals surface area contributed by atoms with E-state index in [1.54, 1.807) is 0 Å². The third-order valence-electron chi connectivity index (χ3n) is 3.04. The summed E-state index contributed by atoms with van der Waals surface area (Å²) in [5.74, 6) is 0.432. The first kappa shape index (κ1) is 12.4. The van der Waals surface area contributed by atoms with Gasteiger partial charge in [0.1, 0.15) is 0 Å². The number of rotatable bonds is 3. The summed E-state index contributed by atoms with van der Waals surface area (Å²) in [5, 5.41) is 0. The zero-order valence-electron chi connectivity index (χ0n) is 9.86. The second kappa shape index (κ2) is 5.50. The van der Waals surface area contributed by atoms with Crippen molar-refractivity contribution in [3.63, 3.8) is 0 Å². The van der Waals surface area contributed by atoms with Crippen LogP contribution in [0.1, 0.15) is 29.5 Å². The van der Waals surface area contributed by atoms with Gasteiger partial charge in [-0.2, -0.15) is 0 Å². The van der Waals surface area contributed by atoms with Crippen molar-refractivity contribution >= 4 is 28.7 Å². The lowest BCUT2D eigenvalue weighted by Crippen LogP contribution is -1.98. The van der Waals surface area contributed by atoms with E-state index < -0.39 is 0 Å². The average Bonchev–Trinajstić information content (AvgIpc) is 2.39. The third-order valence-corrected chi connectivity index (χ3v) is 4.03. The molecule has 0 nitrogen and oxygen atoms in total. The highest BCUT2D eigenvalue weighted by Crippen LogP contribution is 2.27. The smallest absolute Gasteiger partial charge is 0.0168 e. The van der Waals surface area contributed by atoms with E-state index in [1.165, 1.54) is 20.3 Å². The molecule has 0 saturated heterocycles. The van der Waals surface area contributed by atoms with Crippen LogP contribution in [0.15, 0.2) is 55.1 Å². The Hall–Kier alpha value is -1.09. The maximum atomic E-state index is 3.78. The van der Waals surface area contributed by atoms with Gasteiger partial charge in [-0.3, -0.25) is 0 Å². The number of benzene rings is 2. The Bertz CT molecular complexity index is 511. The van der Waals surface area contributed by atoms with Crippen molar-refractivity contribution in [2.75, 3.05) is 0 Å². The van der Waals surface area contributed by atoms with Gasteiger partial charge in [0.2, 0.25) is 0 Å². The zero-order valence-corrected chi connectivity index (χ0v) is 12.0. The molecule has 1 unspecified atom stereocenters. The van der Waals surface area contributed by atoms with Crippen LogP contribution in [0.2, 0.25) is 0 Å². The minimum absolute atomic E-state index is 0.432. The first-order valence-corrected chi connectivity index (χ1v) is 6.77. The molecule has 0 amide bonds. The monoisotopic (exact) mass is 334 g/mol. The summed E-state index contributed by atoms with van der Waals surface area (Å²) in [7, 11) is 0. The minimum atomic E-state index is 0.432. The summed E-state index contributed by atoms with van der Waals surface area (Å²) in [6.45, 7) is 6.03. The summed E-state index contributed by atoms with van der Waals surface area (Å²) in [4.78, 5) is 0. The molecule has 0 heterocycles. The molecule has 2 aromatic rings. The molecule has 1 heteroatoms. The van der Waals surface area contributed by atoms with Gasteiger partial charge in [0.05, 0.1) is 0 Å². The van der Waals surface area contributed by atoms with E-state index in [0.29, 0.717) is 5.92 Å². The van der Waals surface area contributed by atoms with Crippen molar-refractivity contribution in [1.29, 1.82) is 0 Å². The molecule has 0 aliphatic carbocycles. The predicted molar refractivity (Wildman–Crippen MR) is 83.2 cm³/mol. The van der Waals surface area contributed by atoms with E-state index in [1.807, 2.05) is 6.08 Å². The highest BCUT2D eigenvalue weighted by atomic mass is 127. The minimum Gasteiger partial charge on any atom is -0.0985 e. The molecule has 2 rings (SSSR count). The Balaban J connectivity index is 2.33. The molecule has 0 aliphatic heterocycles. The molecule has 0 radical (unpaired) electrons. The van der Waals surface area contributed by atoms with Crippen molar-refractivity contribution in [3.05, 3.63) is 75.4 Å². The second-order valence-electron chi connectivity index (χ2n) is 4.11. The first-order chi connectivity index (χ1) is 8.22. The van der Waals surface area contributed by atoms with Crippen LogP contribution in [0.5, 0.6) is 0 Å². The van der Waals surface area contributed by atoms with E-state index in [0.717, 1.165) is 0 Å². The SMILES string of the molecule is C=Cc1ccc(C(C)c2ccccc2I)cc1. The van der Waals surface area contributed by atoms with Crippen molar-refractivity contribution in [3.8, 4) is 0 Å². The molecular weight excluding hydrogens is 319 g/mol. The molecule has 0 fully saturated rings. The fourth-order valence-corrected chi connectivity index (χ4v) is 2.78. The lowest BCUT2D eigenvalue weighted by molar-refractivity contribution is 0.915. The van der Waals surface area contributed by atoms with Gasteiger partial charge in [-0.1, -0.05) is 62.0 Å². The number of hydrogen-bond donors (Lipinski definition) is 0. The van der Waals surface area contributed by atoms with Gasteiger partial charge in [-0.15, -0.1) is 0 Å². The quantitative estimate of drug-likeness (QED) is 0.686. The van der Waals surface area contributed by atoms with Gasteiger partial charge >= 0.3 is 0 Å². The fraction of sp³-hybridized carbons (Fsp3) is 0.125. The average molecular weight is 334 g/mol. The molecule has 17 heavy (non-hydrogen) atoms. The Morgan fingerprint density at radius 3 is 2.29 bits per heavy atom. The molecule has 2 aromatic carbocycles. The normalized spacial score (nSPS) is 12.1. The zero-order chi connectivity index (χ0) is 12.3. The summed E-state index contributed by atoms with van der Waals surface area (Å²) < 4.78 is 1.32. The van der Waals surface area contributed by atoms with E-state index in [2.05, 4.69) is 84.6 Å². The van der Waals surface area contributed by atoms with Crippen LogP contribution in [-0.4, -0.2) is 0 Å². The summed E-state index contributed by atoms with van der Waals surface area (Å²) >= 11 is 2.40. The Morgan fingerprint density at radius 2 is 1.71 bits per heavy atom. The number of hydrogen-bond acceptors (Lipinski definition) is 0. The second-order valence-corrected chi connectivity index (χ2v) is 5.28. The highest BCUT2D eigenvalue weighted by molar-refractivity contribution is 14.1. The topological polar surface area (TPSA) is 0 Å². The van der Waals surface area contributed by atoms with Crippen LogP contribution < -0.4 is 0 Å². The van der Waals surface area contributed by atoms with Gasteiger partial charge in [0.25, 0.3) is 0 Å². The van der Waals surface area contributed by atoms with Gasteiger partial charge in [0.15, 0.2) is 0 Å². The lowest BCUT2D eigenvalue weighted by Gasteiger charge is -2.14. The van der Waals surface area contributed by atoms with Crippen molar-refractivity contribution in [1.82, 2.24) is 0 Å². The van der Waals surface area contributed by atoms with Crippen LogP contribution in [0.3, 0.4) is 0 Å². The summed E-state index contributed by atoms with van der Waals surface area (Å²) in [6, 6.07) is 17.2. The van der Waals surface area contributed by atoms with E-state index in [9.17, 15) is 0 Å². The third kappa shape index (κ3) is 2.78. The highest BCUT2D eigenvalue weighted by Gasteiger charge is 2.10. The molecule has 0 N–H and O–H groups in total. The Morgan fingerprint density at radius 1 is 1.06 bits per heavy atom. The Labute approximate surface area is 117 Å². The molecule has 0 aromatic heterocycles. The predicted octanol–water partition coefficient (Wildman–Crippen LogP) is 5.09. The first-order valence-electron chi connectivity index (χ1n) is 5.69. The van der Waals surface area contributed by atoms with Crippen LogP contribution >= 0.6 is 22.6 Å². The molecule has 0 spiro atoms. The summed E-state index contributed by atoms with van der Waals surface area (Å²) in [5.41, 5.74) is 3.91. The fourth-order valence-electron chi connectivity index (χ4n) is 1.93. The van der Waals surface area contributed by atoms with Gasteiger partial charge in [-0.05, 0) is 45.3 Å². The van der Waals surface area contributed by atoms with Crippen molar-refractivity contribution < 1.29 is 0 Å². The molecule has 0 saturated carbocycles. The molecule has 86 valence electrons. The van der Waals surface area contributed by atoms with E-state index >= 15 is 0 Å². The van der Waals surface area contributed by atoms with Crippen molar-refractivity contribution in [2.24, 2.45) is 0 Å². The molecule has 0 aliphatic rings. The van der Waals surface area contributed by atoms with E-state index in [4.69, 9.17) is 0 Å². The van der Waals surface area contributed by atoms with Crippen LogP contribution in [0, 0.1) is 3.57 Å². The molecular formula is C16H15I. The maximum Gasteiger partial charge on any atom is 0.0168 e. The molecule has 0 bridgehead atoms. The van der Waals surface area contributed by atoms with Crippen LogP contribution in [-0.2, 0) is 0 Å². The number of halogens is 1. The largest absolute Gasteiger partial charge is 0.0985 e. The standard InChI is InChI=1S/C16H15I/c1-3-13-8-10-14(11-9-13)12(2)15-6-4-5-7-16(15)17/h3-12H,1H2,2H3. The van der Waals surface area contributed by atoms with Crippen LogP contribution in [0.4, 0.5) is 0 Å². The van der Waals surface area contributed by atoms with E-state index in [-0.39, 0.29) is 0 Å². The van der Waals surface area contributed by atoms with Gasteiger partial charge in [-0.25, -0.2) is 0 Å².